The predicted molar refractivity (Wildman–Crippen MR) is 101 cm³/mol. The van der Waals surface area contributed by atoms with Gasteiger partial charge in [0.05, 0.1) is 24.3 Å². The number of hydrogen-bond donors (Lipinski definition) is 1. The van der Waals surface area contributed by atoms with E-state index in [9.17, 15) is 9.59 Å². The van der Waals surface area contributed by atoms with E-state index in [-0.39, 0.29) is 17.5 Å². The summed E-state index contributed by atoms with van der Waals surface area (Å²) < 4.78 is 4.79. The van der Waals surface area contributed by atoms with Gasteiger partial charge in [-0.3, -0.25) is 4.79 Å². The van der Waals surface area contributed by atoms with Crippen LogP contribution in [0.2, 0.25) is 0 Å². The molecule has 1 unspecified atom stereocenters. The molecule has 1 aliphatic carbocycles. The van der Waals surface area contributed by atoms with Crippen molar-refractivity contribution in [2.24, 2.45) is 0 Å². The highest BCUT2D eigenvalue weighted by atomic mass is 16.5. The van der Waals surface area contributed by atoms with Gasteiger partial charge in [-0.1, -0.05) is 37.3 Å². The first kappa shape index (κ1) is 18.2. The third-order valence-corrected chi connectivity index (χ3v) is 5.07. The Hall–Kier alpha value is -2.62. The maximum absolute atomic E-state index is 12.8. The average Bonchev–Trinajstić information content (AvgIpc) is 2.70. The van der Waals surface area contributed by atoms with Gasteiger partial charge in [-0.2, -0.15) is 0 Å². The molecule has 2 aromatic rings. The third kappa shape index (κ3) is 3.79. The lowest BCUT2D eigenvalue weighted by atomic mass is 9.88. The van der Waals surface area contributed by atoms with E-state index in [1.54, 1.807) is 24.3 Å². The number of ether oxygens (including phenoxy) is 1. The Balaban J connectivity index is 1.83. The van der Waals surface area contributed by atoms with Gasteiger partial charge in [0.1, 0.15) is 0 Å². The first-order valence-corrected chi connectivity index (χ1v) is 9.24. The maximum atomic E-state index is 12.8. The second-order valence-corrected chi connectivity index (χ2v) is 6.71. The van der Waals surface area contributed by atoms with Crippen molar-refractivity contribution in [2.75, 3.05) is 7.11 Å². The van der Waals surface area contributed by atoms with E-state index >= 15 is 0 Å². The van der Waals surface area contributed by atoms with Crippen molar-refractivity contribution in [1.82, 2.24) is 5.32 Å². The Morgan fingerprint density at radius 2 is 1.73 bits per heavy atom. The van der Waals surface area contributed by atoms with E-state index < -0.39 is 5.97 Å². The number of hydrogen-bond acceptors (Lipinski definition) is 3. The first-order valence-electron chi connectivity index (χ1n) is 9.24. The highest BCUT2D eigenvalue weighted by Crippen LogP contribution is 2.26. The minimum absolute atomic E-state index is 0.0829. The van der Waals surface area contributed by atoms with E-state index in [1.165, 1.54) is 31.1 Å². The molecule has 0 fully saturated rings. The number of amides is 1. The van der Waals surface area contributed by atoms with Crippen molar-refractivity contribution in [3.8, 4) is 0 Å². The molecule has 0 heterocycles. The number of carbonyl (C=O) groups is 2. The fraction of sp³-hybridized carbons (Fsp3) is 0.364. The number of aryl methyl sites for hydroxylation is 2. The Kier molecular flexibility index (Phi) is 5.71. The number of rotatable bonds is 5. The molecule has 136 valence electrons. The number of carbonyl (C=O) groups excluding carboxylic acids is 2. The van der Waals surface area contributed by atoms with Crippen LogP contribution >= 0.6 is 0 Å². The number of nitrogens with one attached hydrogen (secondary N) is 1. The molecule has 2 aromatic carbocycles. The van der Waals surface area contributed by atoms with Crippen LogP contribution in [0.1, 0.15) is 69.6 Å². The van der Waals surface area contributed by atoms with Gasteiger partial charge in [0.15, 0.2) is 0 Å². The zero-order valence-electron chi connectivity index (χ0n) is 15.4. The molecule has 0 bridgehead atoms. The molecule has 0 aromatic heterocycles. The lowest BCUT2D eigenvalue weighted by molar-refractivity contribution is 0.0596. The molecular formula is C22H25NO3. The lowest BCUT2D eigenvalue weighted by Crippen LogP contribution is -2.29. The SMILES string of the molecule is CCC(NC(=O)c1ccccc1C(=O)OC)c1ccc2c(c1)CCCC2. The number of methoxy groups -OCH3 is 1. The van der Waals surface area contributed by atoms with Crippen molar-refractivity contribution >= 4 is 11.9 Å². The van der Waals surface area contributed by atoms with Crippen LogP contribution in [-0.2, 0) is 17.6 Å². The van der Waals surface area contributed by atoms with Crippen LogP contribution in [0, 0.1) is 0 Å². The predicted octanol–water partition coefficient (Wildman–Crippen LogP) is 4.23. The van der Waals surface area contributed by atoms with Gasteiger partial charge in [-0.25, -0.2) is 4.79 Å². The summed E-state index contributed by atoms with van der Waals surface area (Å²) in [5, 5.41) is 3.08. The molecule has 1 aliphatic rings. The highest BCUT2D eigenvalue weighted by molar-refractivity contribution is 6.05. The molecule has 26 heavy (non-hydrogen) atoms. The third-order valence-electron chi connectivity index (χ3n) is 5.07. The molecule has 1 atom stereocenters. The molecule has 0 radical (unpaired) electrons. The van der Waals surface area contributed by atoms with Gasteiger partial charge >= 0.3 is 5.97 Å². The van der Waals surface area contributed by atoms with Crippen molar-refractivity contribution in [3.63, 3.8) is 0 Å². The van der Waals surface area contributed by atoms with Gasteiger partial charge in [-0.15, -0.1) is 0 Å². The van der Waals surface area contributed by atoms with Crippen molar-refractivity contribution in [3.05, 3.63) is 70.3 Å². The number of fused-ring (bicyclic) bond motifs is 1. The van der Waals surface area contributed by atoms with Gasteiger partial charge in [-0.05, 0) is 60.9 Å². The molecule has 0 aliphatic heterocycles. The van der Waals surface area contributed by atoms with Crippen LogP contribution in [-0.4, -0.2) is 19.0 Å². The fourth-order valence-corrected chi connectivity index (χ4v) is 3.60. The molecule has 0 saturated heterocycles. The van der Waals surface area contributed by atoms with Gasteiger partial charge < -0.3 is 10.1 Å². The Morgan fingerprint density at radius 1 is 1.04 bits per heavy atom. The van der Waals surface area contributed by atoms with Crippen molar-refractivity contribution in [2.45, 2.75) is 45.1 Å². The topological polar surface area (TPSA) is 55.4 Å². The molecule has 4 nitrogen and oxygen atoms in total. The summed E-state index contributed by atoms with van der Waals surface area (Å²) in [6.07, 6.45) is 5.52. The lowest BCUT2D eigenvalue weighted by Gasteiger charge is -2.22. The molecule has 1 amide bonds. The second kappa shape index (κ2) is 8.17. The molecule has 0 spiro atoms. The van der Waals surface area contributed by atoms with E-state index in [0.29, 0.717) is 5.56 Å². The van der Waals surface area contributed by atoms with Crippen LogP contribution in [0.25, 0.3) is 0 Å². The molecule has 1 N–H and O–H groups in total. The first-order chi connectivity index (χ1) is 12.6. The summed E-state index contributed by atoms with van der Waals surface area (Å²) in [5.41, 5.74) is 4.58. The summed E-state index contributed by atoms with van der Waals surface area (Å²) >= 11 is 0. The van der Waals surface area contributed by atoms with Gasteiger partial charge in [0, 0.05) is 0 Å². The summed E-state index contributed by atoms with van der Waals surface area (Å²) in [4.78, 5) is 24.7. The molecule has 3 rings (SSSR count). The van der Waals surface area contributed by atoms with Crippen molar-refractivity contribution < 1.29 is 14.3 Å². The summed E-state index contributed by atoms with van der Waals surface area (Å²) in [5.74, 6) is -0.756. The second-order valence-electron chi connectivity index (χ2n) is 6.71. The van der Waals surface area contributed by atoms with Gasteiger partial charge in [0.2, 0.25) is 0 Å². The largest absolute Gasteiger partial charge is 0.465 e. The normalized spacial score (nSPS) is 14.2. The minimum atomic E-state index is -0.502. The van der Waals surface area contributed by atoms with E-state index in [0.717, 1.165) is 24.8 Å². The fourth-order valence-electron chi connectivity index (χ4n) is 3.60. The van der Waals surface area contributed by atoms with Crippen LogP contribution in [0.15, 0.2) is 42.5 Å². The molecular weight excluding hydrogens is 326 g/mol. The summed E-state index contributed by atoms with van der Waals surface area (Å²) in [6, 6.07) is 13.2. The van der Waals surface area contributed by atoms with Crippen LogP contribution < -0.4 is 5.32 Å². The standard InChI is InChI=1S/C22H25NO3/c1-3-20(17-13-12-15-8-4-5-9-16(15)14-17)23-21(24)18-10-6-7-11-19(18)22(25)26-2/h6-7,10-14,20H,3-5,8-9H2,1-2H3,(H,23,24). The molecule has 4 heteroatoms. The Morgan fingerprint density at radius 3 is 2.42 bits per heavy atom. The van der Waals surface area contributed by atoms with E-state index in [2.05, 4.69) is 30.4 Å². The van der Waals surface area contributed by atoms with Crippen LogP contribution in [0.4, 0.5) is 0 Å². The zero-order valence-corrected chi connectivity index (χ0v) is 15.4. The van der Waals surface area contributed by atoms with Gasteiger partial charge in [0.25, 0.3) is 5.91 Å². The van der Waals surface area contributed by atoms with E-state index in [4.69, 9.17) is 4.74 Å². The van der Waals surface area contributed by atoms with Crippen LogP contribution in [0.3, 0.4) is 0 Å². The number of benzene rings is 2. The van der Waals surface area contributed by atoms with Crippen molar-refractivity contribution in [1.29, 1.82) is 0 Å². The zero-order chi connectivity index (χ0) is 18.5. The minimum Gasteiger partial charge on any atom is -0.465 e. The summed E-state index contributed by atoms with van der Waals surface area (Å²) in [6.45, 7) is 2.05. The molecule has 0 saturated carbocycles. The smallest absolute Gasteiger partial charge is 0.338 e. The quantitative estimate of drug-likeness (QED) is 0.820. The average molecular weight is 351 g/mol. The number of esters is 1. The summed E-state index contributed by atoms with van der Waals surface area (Å²) in [7, 11) is 1.32. The van der Waals surface area contributed by atoms with Crippen LogP contribution in [0.5, 0.6) is 0 Å². The highest BCUT2D eigenvalue weighted by Gasteiger charge is 2.21. The Labute approximate surface area is 154 Å². The van der Waals surface area contributed by atoms with E-state index in [1.807, 2.05) is 0 Å². The monoisotopic (exact) mass is 351 g/mol. The maximum Gasteiger partial charge on any atom is 0.338 e. The Bertz CT molecular complexity index is 813.